The van der Waals surface area contributed by atoms with Crippen LogP contribution in [0.5, 0.6) is 0 Å². The Kier molecular flexibility index (Phi) is 3.76. The third-order valence-electron chi connectivity index (χ3n) is 2.49. The highest BCUT2D eigenvalue weighted by molar-refractivity contribution is 7.99. The molecule has 2 rings (SSSR count). The van der Waals surface area contributed by atoms with Crippen LogP contribution in [0.25, 0.3) is 0 Å². The summed E-state index contributed by atoms with van der Waals surface area (Å²) >= 11 is 7.53. The molecule has 2 N–H and O–H groups in total. The van der Waals surface area contributed by atoms with Gasteiger partial charge < -0.3 is 10.2 Å². The largest absolute Gasteiger partial charge is 0.436 e. The second-order valence-electron chi connectivity index (χ2n) is 3.64. The minimum atomic E-state index is 0.403. The molecule has 90 valence electrons. The molecule has 0 amide bonds. The van der Waals surface area contributed by atoms with Crippen LogP contribution < -0.4 is 5.73 Å². The van der Waals surface area contributed by atoms with Gasteiger partial charge in [-0.15, -0.1) is 0 Å². The van der Waals surface area contributed by atoms with Crippen molar-refractivity contribution in [1.82, 2.24) is 4.98 Å². The Bertz CT molecular complexity index is 520. The lowest BCUT2D eigenvalue weighted by Crippen LogP contribution is -1.99. The lowest BCUT2D eigenvalue weighted by Gasteiger charge is -2.06. The van der Waals surface area contributed by atoms with Gasteiger partial charge in [0.05, 0.1) is 5.69 Å². The number of hydrogen-bond donors (Lipinski definition) is 1. The van der Waals surface area contributed by atoms with E-state index in [2.05, 4.69) is 4.98 Å². The van der Waals surface area contributed by atoms with Crippen molar-refractivity contribution in [2.45, 2.75) is 30.5 Å². The Balaban J connectivity index is 2.32. The fourth-order valence-corrected chi connectivity index (χ4v) is 2.72. The van der Waals surface area contributed by atoms with Crippen LogP contribution in [0.15, 0.2) is 32.7 Å². The molecule has 0 atom stereocenters. The molecule has 0 fully saturated rings. The van der Waals surface area contributed by atoms with Crippen molar-refractivity contribution in [1.29, 1.82) is 0 Å². The number of rotatable bonds is 3. The fourth-order valence-electron chi connectivity index (χ4n) is 1.41. The Labute approximate surface area is 109 Å². The van der Waals surface area contributed by atoms with Crippen LogP contribution in [-0.2, 0) is 6.54 Å². The van der Waals surface area contributed by atoms with Crippen LogP contribution in [0.2, 0.25) is 5.02 Å². The van der Waals surface area contributed by atoms with Crippen molar-refractivity contribution < 1.29 is 4.42 Å². The third kappa shape index (κ3) is 2.65. The SMILES string of the molecule is Cc1nc(Sc2cccc(Cl)c2CN)oc1C. The Morgan fingerprint density at radius 1 is 1.41 bits per heavy atom. The molecule has 3 nitrogen and oxygen atoms in total. The van der Waals surface area contributed by atoms with Crippen LogP contribution >= 0.6 is 23.4 Å². The van der Waals surface area contributed by atoms with Crippen molar-refractivity contribution >= 4 is 23.4 Å². The van der Waals surface area contributed by atoms with Crippen LogP contribution in [-0.4, -0.2) is 4.98 Å². The van der Waals surface area contributed by atoms with E-state index in [0.717, 1.165) is 21.9 Å². The smallest absolute Gasteiger partial charge is 0.261 e. The van der Waals surface area contributed by atoms with Crippen LogP contribution in [0, 0.1) is 13.8 Å². The third-order valence-corrected chi connectivity index (χ3v) is 3.79. The second-order valence-corrected chi connectivity index (χ2v) is 5.04. The first-order valence-corrected chi connectivity index (χ1v) is 6.40. The van der Waals surface area contributed by atoms with Crippen molar-refractivity contribution in [3.05, 3.63) is 40.2 Å². The first kappa shape index (κ1) is 12.5. The molecule has 5 heteroatoms. The number of halogens is 1. The van der Waals surface area contributed by atoms with Gasteiger partial charge in [-0.1, -0.05) is 17.7 Å². The molecule has 0 radical (unpaired) electrons. The Hall–Kier alpha value is -0.970. The summed E-state index contributed by atoms with van der Waals surface area (Å²) in [5, 5.41) is 1.30. The maximum absolute atomic E-state index is 6.09. The van der Waals surface area contributed by atoms with Gasteiger partial charge in [0.2, 0.25) is 0 Å². The van der Waals surface area contributed by atoms with E-state index in [1.807, 2.05) is 32.0 Å². The van der Waals surface area contributed by atoms with Crippen molar-refractivity contribution in [2.75, 3.05) is 0 Å². The quantitative estimate of drug-likeness (QED) is 0.925. The van der Waals surface area contributed by atoms with Crippen LogP contribution in [0.1, 0.15) is 17.0 Å². The molecule has 0 spiro atoms. The van der Waals surface area contributed by atoms with Crippen LogP contribution in [0.3, 0.4) is 0 Å². The van der Waals surface area contributed by atoms with Gasteiger partial charge in [-0.2, -0.15) is 0 Å². The zero-order chi connectivity index (χ0) is 12.4. The molecule has 2 aromatic rings. The summed E-state index contributed by atoms with van der Waals surface area (Å²) in [6, 6.07) is 5.69. The lowest BCUT2D eigenvalue weighted by molar-refractivity contribution is 0.431. The molecule has 0 bridgehead atoms. The Morgan fingerprint density at radius 3 is 2.76 bits per heavy atom. The number of nitrogens with zero attached hydrogens (tertiary/aromatic N) is 1. The summed E-state index contributed by atoms with van der Waals surface area (Å²) in [5.41, 5.74) is 7.52. The lowest BCUT2D eigenvalue weighted by atomic mass is 10.2. The summed E-state index contributed by atoms with van der Waals surface area (Å²) < 4.78 is 5.53. The van der Waals surface area contributed by atoms with Gasteiger partial charge >= 0.3 is 0 Å². The number of aromatic nitrogens is 1. The number of nitrogens with two attached hydrogens (primary N) is 1. The summed E-state index contributed by atoms with van der Waals surface area (Å²) in [7, 11) is 0. The van der Waals surface area contributed by atoms with Crippen molar-refractivity contribution in [3.8, 4) is 0 Å². The van der Waals surface area contributed by atoms with Gasteiger partial charge in [0.15, 0.2) is 0 Å². The molecule has 1 aromatic heterocycles. The topological polar surface area (TPSA) is 52.0 Å². The van der Waals surface area contributed by atoms with Gasteiger partial charge in [0.1, 0.15) is 5.76 Å². The van der Waals surface area contributed by atoms with E-state index in [-0.39, 0.29) is 0 Å². The van der Waals surface area contributed by atoms with E-state index in [1.54, 1.807) is 0 Å². The number of hydrogen-bond acceptors (Lipinski definition) is 4. The standard InChI is InChI=1S/C12H13ClN2OS/c1-7-8(2)16-12(15-7)17-11-5-3-4-10(13)9(11)6-14/h3-5H,6,14H2,1-2H3. The van der Waals surface area contributed by atoms with Crippen molar-refractivity contribution in [3.63, 3.8) is 0 Å². The van der Waals surface area contributed by atoms with E-state index in [4.69, 9.17) is 21.8 Å². The molecule has 0 aliphatic rings. The minimum Gasteiger partial charge on any atom is -0.436 e. The Morgan fingerprint density at radius 2 is 2.18 bits per heavy atom. The van der Waals surface area contributed by atoms with E-state index < -0.39 is 0 Å². The molecule has 1 heterocycles. The number of oxazole rings is 1. The molecule has 17 heavy (non-hydrogen) atoms. The number of benzene rings is 1. The predicted octanol–water partition coefficient (Wildman–Crippen LogP) is 3.55. The average molecular weight is 269 g/mol. The monoisotopic (exact) mass is 268 g/mol. The van der Waals surface area contributed by atoms with E-state index in [1.165, 1.54) is 11.8 Å². The van der Waals surface area contributed by atoms with E-state index >= 15 is 0 Å². The summed E-state index contributed by atoms with van der Waals surface area (Å²) in [5.74, 6) is 0.837. The zero-order valence-electron chi connectivity index (χ0n) is 9.66. The molecule has 0 unspecified atom stereocenters. The summed E-state index contributed by atoms with van der Waals surface area (Å²) in [4.78, 5) is 5.31. The molecular formula is C12H13ClN2OS. The zero-order valence-corrected chi connectivity index (χ0v) is 11.2. The van der Waals surface area contributed by atoms with E-state index in [0.29, 0.717) is 16.8 Å². The summed E-state index contributed by atoms with van der Waals surface area (Å²) in [6.07, 6.45) is 0. The normalized spacial score (nSPS) is 10.8. The van der Waals surface area contributed by atoms with Crippen molar-refractivity contribution in [2.24, 2.45) is 5.73 Å². The maximum Gasteiger partial charge on any atom is 0.261 e. The predicted molar refractivity (Wildman–Crippen MR) is 69.4 cm³/mol. The highest BCUT2D eigenvalue weighted by Crippen LogP contribution is 2.33. The highest BCUT2D eigenvalue weighted by Gasteiger charge is 2.11. The first-order chi connectivity index (χ1) is 8.11. The molecule has 1 aromatic carbocycles. The number of aryl methyl sites for hydroxylation is 2. The molecule has 0 aliphatic carbocycles. The fraction of sp³-hybridized carbons (Fsp3) is 0.250. The average Bonchev–Trinajstić information content (AvgIpc) is 2.58. The maximum atomic E-state index is 6.09. The molecule has 0 saturated heterocycles. The van der Waals surface area contributed by atoms with Gasteiger partial charge in [-0.25, -0.2) is 4.98 Å². The highest BCUT2D eigenvalue weighted by atomic mass is 35.5. The van der Waals surface area contributed by atoms with Gasteiger partial charge in [-0.3, -0.25) is 0 Å². The van der Waals surface area contributed by atoms with Gasteiger partial charge in [0, 0.05) is 16.5 Å². The molecular weight excluding hydrogens is 256 g/mol. The van der Waals surface area contributed by atoms with Gasteiger partial charge in [0.25, 0.3) is 5.22 Å². The molecule has 0 saturated carbocycles. The van der Waals surface area contributed by atoms with Crippen LogP contribution in [0.4, 0.5) is 0 Å². The molecule has 0 aliphatic heterocycles. The van der Waals surface area contributed by atoms with Gasteiger partial charge in [-0.05, 0) is 43.3 Å². The minimum absolute atomic E-state index is 0.403. The van der Waals surface area contributed by atoms with E-state index in [9.17, 15) is 0 Å². The summed E-state index contributed by atoms with van der Waals surface area (Å²) in [6.45, 7) is 4.22. The first-order valence-electron chi connectivity index (χ1n) is 5.21. The second kappa shape index (κ2) is 5.12.